The number of amides is 1. The smallest absolute Gasteiger partial charge is 0.410 e. The van der Waals surface area contributed by atoms with Gasteiger partial charge in [0.1, 0.15) is 11.3 Å². The normalized spacial score (nSPS) is 19.7. The fourth-order valence-electron chi connectivity index (χ4n) is 3.92. The summed E-state index contributed by atoms with van der Waals surface area (Å²) < 4.78 is 5.46. The number of nitro groups is 1. The minimum absolute atomic E-state index is 0.127. The van der Waals surface area contributed by atoms with Gasteiger partial charge in [-0.3, -0.25) is 10.1 Å². The Kier molecular flexibility index (Phi) is 4.82. The number of hydrogen-bond acceptors (Lipinski definition) is 5. The van der Waals surface area contributed by atoms with E-state index >= 15 is 0 Å². The predicted octanol–water partition coefficient (Wildman–Crippen LogP) is 3.82. The molecule has 2 heterocycles. The molecule has 142 valence electrons. The molecule has 0 aromatic heterocycles. The Morgan fingerprint density at radius 1 is 1.15 bits per heavy atom. The van der Waals surface area contributed by atoms with E-state index in [2.05, 4.69) is 4.90 Å². The lowest BCUT2D eigenvalue weighted by molar-refractivity contribution is -0.384. The van der Waals surface area contributed by atoms with Crippen molar-refractivity contribution < 1.29 is 14.5 Å². The van der Waals surface area contributed by atoms with E-state index in [4.69, 9.17) is 4.74 Å². The van der Waals surface area contributed by atoms with E-state index in [9.17, 15) is 14.9 Å². The molecular weight excluding hydrogens is 334 g/mol. The molecule has 0 N–H and O–H groups in total. The van der Waals surface area contributed by atoms with Crippen LogP contribution in [0.15, 0.2) is 24.3 Å². The van der Waals surface area contributed by atoms with Gasteiger partial charge in [0.15, 0.2) is 0 Å². The molecule has 0 saturated carbocycles. The summed E-state index contributed by atoms with van der Waals surface area (Å²) in [5.41, 5.74) is 0.505. The van der Waals surface area contributed by atoms with Gasteiger partial charge in [0, 0.05) is 32.2 Å². The largest absolute Gasteiger partial charge is 0.444 e. The minimum atomic E-state index is -0.484. The van der Waals surface area contributed by atoms with E-state index in [1.165, 1.54) is 0 Å². The van der Waals surface area contributed by atoms with Crippen molar-refractivity contribution in [3.8, 4) is 0 Å². The lowest BCUT2D eigenvalue weighted by Crippen LogP contribution is -2.46. The molecule has 0 atom stereocenters. The van der Waals surface area contributed by atoms with Crippen LogP contribution < -0.4 is 4.90 Å². The summed E-state index contributed by atoms with van der Waals surface area (Å²) in [6, 6.07) is 6.93. The molecule has 0 unspecified atom stereocenters. The predicted molar refractivity (Wildman–Crippen MR) is 99.4 cm³/mol. The monoisotopic (exact) mass is 361 g/mol. The first-order valence-corrected chi connectivity index (χ1v) is 9.15. The van der Waals surface area contributed by atoms with Crippen LogP contribution in [0.3, 0.4) is 0 Å². The second kappa shape index (κ2) is 6.78. The molecule has 1 amide bonds. The second-order valence-electron chi connectivity index (χ2n) is 8.38. The van der Waals surface area contributed by atoms with Crippen molar-refractivity contribution in [2.24, 2.45) is 5.41 Å². The third-order valence-electron chi connectivity index (χ3n) is 5.33. The SMILES string of the molecule is CC(C)(C)OC(=O)N1CCC2(CC1)CCN(c1ccccc1[N+](=O)[O-])C2. The number of nitrogens with zero attached hydrogens (tertiary/aromatic N) is 3. The summed E-state index contributed by atoms with van der Waals surface area (Å²) in [5.74, 6) is 0. The van der Waals surface area contributed by atoms with Gasteiger partial charge in [-0.05, 0) is 51.5 Å². The molecule has 3 rings (SSSR count). The van der Waals surface area contributed by atoms with Crippen molar-refractivity contribution in [1.29, 1.82) is 0 Å². The average molecular weight is 361 g/mol. The Morgan fingerprint density at radius 2 is 1.77 bits per heavy atom. The molecule has 0 radical (unpaired) electrons. The van der Waals surface area contributed by atoms with E-state index in [0.29, 0.717) is 18.8 Å². The molecule has 7 nitrogen and oxygen atoms in total. The summed E-state index contributed by atoms with van der Waals surface area (Å²) in [4.78, 5) is 27.1. The summed E-state index contributed by atoms with van der Waals surface area (Å²) in [5, 5.41) is 11.3. The first-order chi connectivity index (χ1) is 12.2. The number of hydrogen-bond donors (Lipinski definition) is 0. The number of carbonyl (C=O) groups is 1. The van der Waals surface area contributed by atoms with Crippen LogP contribution in [0.4, 0.5) is 16.2 Å². The Bertz CT molecular complexity index is 690. The lowest BCUT2D eigenvalue weighted by Gasteiger charge is -2.39. The van der Waals surface area contributed by atoms with Crippen LogP contribution in [-0.2, 0) is 4.74 Å². The van der Waals surface area contributed by atoms with E-state index < -0.39 is 5.60 Å². The highest BCUT2D eigenvalue weighted by Crippen LogP contribution is 2.43. The fourth-order valence-corrected chi connectivity index (χ4v) is 3.92. The Morgan fingerprint density at radius 3 is 2.38 bits per heavy atom. The van der Waals surface area contributed by atoms with Gasteiger partial charge >= 0.3 is 6.09 Å². The molecule has 2 aliphatic heterocycles. The second-order valence-corrected chi connectivity index (χ2v) is 8.38. The number of benzene rings is 1. The van der Waals surface area contributed by atoms with Crippen molar-refractivity contribution in [3.05, 3.63) is 34.4 Å². The third kappa shape index (κ3) is 3.92. The standard InChI is InChI=1S/C19H27N3O4/c1-18(2,3)26-17(23)20-11-8-19(9-12-20)10-13-21(14-19)15-6-4-5-7-16(15)22(24)25/h4-7H,8-14H2,1-3H3. The number of rotatable bonds is 2. The summed E-state index contributed by atoms with van der Waals surface area (Å²) in [6.07, 6.45) is 2.56. The van der Waals surface area contributed by atoms with Gasteiger partial charge in [0.25, 0.3) is 5.69 Å². The fraction of sp³-hybridized carbons (Fsp3) is 0.632. The minimum Gasteiger partial charge on any atom is -0.444 e. The number of para-hydroxylation sites is 2. The third-order valence-corrected chi connectivity index (χ3v) is 5.33. The number of likely N-dealkylation sites (tertiary alicyclic amines) is 1. The highest BCUT2D eigenvalue weighted by molar-refractivity contribution is 5.68. The maximum Gasteiger partial charge on any atom is 0.410 e. The molecule has 2 saturated heterocycles. The van der Waals surface area contributed by atoms with E-state index in [1.54, 1.807) is 17.0 Å². The first-order valence-electron chi connectivity index (χ1n) is 9.15. The van der Waals surface area contributed by atoms with Gasteiger partial charge < -0.3 is 14.5 Å². The van der Waals surface area contributed by atoms with Crippen LogP contribution in [0, 0.1) is 15.5 Å². The first kappa shape index (κ1) is 18.5. The van der Waals surface area contributed by atoms with Crippen LogP contribution in [0.2, 0.25) is 0 Å². The van der Waals surface area contributed by atoms with Crippen LogP contribution in [0.5, 0.6) is 0 Å². The zero-order valence-corrected chi connectivity index (χ0v) is 15.7. The Hall–Kier alpha value is -2.31. The topological polar surface area (TPSA) is 75.9 Å². The highest BCUT2D eigenvalue weighted by Gasteiger charge is 2.43. The lowest BCUT2D eigenvalue weighted by atomic mass is 9.78. The van der Waals surface area contributed by atoms with Crippen LogP contribution >= 0.6 is 0 Å². The van der Waals surface area contributed by atoms with E-state index in [-0.39, 0.29) is 22.1 Å². The van der Waals surface area contributed by atoms with Crippen molar-refractivity contribution in [3.63, 3.8) is 0 Å². The van der Waals surface area contributed by atoms with Gasteiger partial charge in [0.05, 0.1) is 4.92 Å². The molecule has 1 aromatic carbocycles. The molecule has 0 aliphatic carbocycles. The van der Waals surface area contributed by atoms with Gasteiger partial charge in [-0.2, -0.15) is 0 Å². The maximum atomic E-state index is 12.2. The Balaban J connectivity index is 1.63. The summed E-state index contributed by atoms with van der Waals surface area (Å²) in [6.45, 7) is 8.60. The number of ether oxygens (including phenoxy) is 1. The molecule has 2 aliphatic rings. The van der Waals surface area contributed by atoms with Gasteiger partial charge in [-0.25, -0.2) is 4.79 Å². The van der Waals surface area contributed by atoms with Gasteiger partial charge in [-0.15, -0.1) is 0 Å². The molecular formula is C19H27N3O4. The molecule has 0 bridgehead atoms. The number of piperidine rings is 1. The average Bonchev–Trinajstić information content (AvgIpc) is 2.97. The Labute approximate surface area is 154 Å². The quantitative estimate of drug-likeness (QED) is 0.591. The molecule has 1 spiro atoms. The van der Waals surface area contributed by atoms with E-state index in [1.807, 2.05) is 32.9 Å². The van der Waals surface area contributed by atoms with Crippen molar-refractivity contribution in [2.45, 2.75) is 45.6 Å². The molecule has 26 heavy (non-hydrogen) atoms. The van der Waals surface area contributed by atoms with Crippen molar-refractivity contribution >= 4 is 17.5 Å². The van der Waals surface area contributed by atoms with Crippen LogP contribution in [-0.4, -0.2) is 47.7 Å². The van der Waals surface area contributed by atoms with Crippen molar-refractivity contribution in [1.82, 2.24) is 4.90 Å². The van der Waals surface area contributed by atoms with Crippen molar-refractivity contribution in [2.75, 3.05) is 31.1 Å². The van der Waals surface area contributed by atoms with E-state index in [0.717, 1.165) is 32.4 Å². The summed E-state index contributed by atoms with van der Waals surface area (Å²) >= 11 is 0. The zero-order chi connectivity index (χ0) is 18.9. The van der Waals surface area contributed by atoms with Gasteiger partial charge in [-0.1, -0.05) is 12.1 Å². The van der Waals surface area contributed by atoms with Crippen LogP contribution in [0.1, 0.15) is 40.0 Å². The van der Waals surface area contributed by atoms with Gasteiger partial charge in [0.2, 0.25) is 0 Å². The highest BCUT2D eigenvalue weighted by atomic mass is 16.6. The maximum absolute atomic E-state index is 12.2. The molecule has 2 fully saturated rings. The zero-order valence-electron chi connectivity index (χ0n) is 15.7. The summed E-state index contributed by atoms with van der Waals surface area (Å²) in [7, 11) is 0. The number of nitro benzene ring substituents is 1. The number of carbonyl (C=O) groups excluding carboxylic acids is 1. The molecule has 1 aromatic rings. The number of anilines is 1. The molecule has 7 heteroatoms. The van der Waals surface area contributed by atoms with Crippen LogP contribution in [0.25, 0.3) is 0 Å².